The molecule has 2 rings (SSSR count). The van der Waals surface area contributed by atoms with Crippen LogP contribution < -0.4 is 5.56 Å². The molecule has 1 aliphatic heterocycles. The number of hydrogen-bond donors (Lipinski definition) is 0. The lowest BCUT2D eigenvalue weighted by molar-refractivity contribution is 0.774. The third-order valence-corrected chi connectivity index (χ3v) is 2.81. The summed E-state index contributed by atoms with van der Waals surface area (Å²) in [6.45, 7) is 0. The molecule has 0 saturated carbocycles. The second kappa shape index (κ2) is 2.37. The molecule has 0 atom stereocenters. The summed E-state index contributed by atoms with van der Waals surface area (Å²) >= 11 is 1.67. The summed E-state index contributed by atoms with van der Waals surface area (Å²) in [4.78, 5) is 15.5. The van der Waals surface area contributed by atoms with Gasteiger partial charge in [0.2, 0.25) is 0 Å². The molecule has 1 aromatic heterocycles. The molecule has 0 N–H and O–H groups in total. The summed E-state index contributed by atoms with van der Waals surface area (Å²) in [5.41, 5.74) is 1.00. The highest BCUT2D eigenvalue weighted by molar-refractivity contribution is 7.99. The molecule has 4 heteroatoms. The molecule has 58 valence electrons. The van der Waals surface area contributed by atoms with E-state index in [1.165, 1.54) is 4.57 Å². The van der Waals surface area contributed by atoms with Crippen LogP contribution in [0.1, 0.15) is 5.56 Å². The van der Waals surface area contributed by atoms with Gasteiger partial charge in [0.1, 0.15) is 5.03 Å². The molecule has 0 aromatic carbocycles. The van der Waals surface area contributed by atoms with Crippen molar-refractivity contribution in [2.75, 3.05) is 5.75 Å². The highest BCUT2D eigenvalue weighted by Crippen LogP contribution is 2.25. The second-order valence-corrected chi connectivity index (χ2v) is 3.63. The van der Waals surface area contributed by atoms with Crippen LogP contribution in [-0.4, -0.2) is 15.3 Å². The van der Waals surface area contributed by atoms with E-state index in [1.54, 1.807) is 25.1 Å². The molecule has 3 nitrogen and oxygen atoms in total. The largest absolute Gasteiger partial charge is 0.302 e. The molecule has 0 saturated heterocycles. The van der Waals surface area contributed by atoms with E-state index in [9.17, 15) is 4.79 Å². The zero-order valence-electron chi connectivity index (χ0n) is 6.20. The number of aryl methyl sites for hydroxylation is 1. The van der Waals surface area contributed by atoms with Gasteiger partial charge in [-0.3, -0.25) is 4.79 Å². The van der Waals surface area contributed by atoms with Crippen LogP contribution in [0, 0.1) is 0 Å². The lowest BCUT2D eigenvalue weighted by Crippen LogP contribution is -2.20. The molecule has 0 bridgehead atoms. The van der Waals surface area contributed by atoms with Crippen LogP contribution in [0.5, 0.6) is 0 Å². The average molecular weight is 168 g/mol. The predicted molar refractivity (Wildman–Crippen MR) is 43.9 cm³/mol. The molecule has 11 heavy (non-hydrogen) atoms. The van der Waals surface area contributed by atoms with Gasteiger partial charge in [-0.05, 0) is 6.42 Å². The minimum absolute atomic E-state index is 0.111. The summed E-state index contributed by atoms with van der Waals surface area (Å²) in [5, 5.41) is 0.924. The van der Waals surface area contributed by atoms with Crippen molar-refractivity contribution in [2.24, 2.45) is 7.05 Å². The predicted octanol–water partition coefficient (Wildman–Crippen LogP) is 0.428. The lowest BCUT2D eigenvalue weighted by Gasteiger charge is -1.98. The van der Waals surface area contributed by atoms with Crippen molar-refractivity contribution in [3.63, 3.8) is 0 Å². The summed E-state index contributed by atoms with van der Waals surface area (Å²) < 4.78 is 1.53. The van der Waals surface area contributed by atoms with E-state index in [1.807, 2.05) is 0 Å². The van der Waals surface area contributed by atoms with Crippen LogP contribution in [0.3, 0.4) is 0 Å². The Morgan fingerprint density at radius 2 is 2.55 bits per heavy atom. The Kier molecular flexibility index (Phi) is 1.49. The van der Waals surface area contributed by atoms with E-state index in [4.69, 9.17) is 0 Å². The van der Waals surface area contributed by atoms with Crippen molar-refractivity contribution in [2.45, 2.75) is 11.4 Å². The fourth-order valence-electron chi connectivity index (χ4n) is 1.16. The zero-order valence-corrected chi connectivity index (χ0v) is 7.02. The first-order valence-corrected chi connectivity index (χ1v) is 4.45. The van der Waals surface area contributed by atoms with Crippen LogP contribution in [-0.2, 0) is 13.5 Å². The third kappa shape index (κ3) is 0.976. The van der Waals surface area contributed by atoms with Crippen molar-refractivity contribution in [3.8, 4) is 0 Å². The Labute approximate surface area is 68.5 Å². The Bertz CT molecular complexity index is 345. The van der Waals surface area contributed by atoms with Gasteiger partial charge in [-0.2, -0.15) is 0 Å². The van der Waals surface area contributed by atoms with Crippen LogP contribution in [0.4, 0.5) is 0 Å². The number of rotatable bonds is 0. The van der Waals surface area contributed by atoms with Gasteiger partial charge >= 0.3 is 0 Å². The quantitative estimate of drug-likeness (QED) is 0.527. The maximum absolute atomic E-state index is 11.4. The first-order valence-electron chi connectivity index (χ1n) is 3.46. The number of nitrogens with zero attached hydrogens (tertiary/aromatic N) is 2. The summed E-state index contributed by atoms with van der Waals surface area (Å²) in [5.74, 6) is 1.00. The Balaban J connectivity index is 2.72. The SMILES string of the molecule is Cn1cnc2c(c1=O)CCS2. The van der Waals surface area contributed by atoms with Crippen LogP contribution in [0.25, 0.3) is 0 Å². The van der Waals surface area contributed by atoms with Gasteiger partial charge in [-0.1, -0.05) is 0 Å². The minimum Gasteiger partial charge on any atom is -0.302 e. The van der Waals surface area contributed by atoms with Gasteiger partial charge in [0.25, 0.3) is 5.56 Å². The van der Waals surface area contributed by atoms with E-state index < -0.39 is 0 Å². The lowest BCUT2D eigenvalue weighted by atomic mass is 10.3. The maximum Gasteiger partial charge on any atom is 0.257 e. The fourth-order valence-corrected chi connectivity index (χ4v) is 2.15. The van der Waals surface area contributed by atoms with Crippen molar-refractivity contribution in [3.05, 3.63) is 22.2 Å². The standard InChI is InChI=1S/C7H8N2OS/c1-9-4-8-6-5(7(9)10)2-3-11-6/h4H,2-3H2,1H3. The molecule has 0 fully saturated rings. The highest BCUT2D eigenvalue weighted by Gasteiger charge is 2.16. The molecule has 1 aromatic rings. The topological polar surface area (TPSA) is 34.9 Å². The van der Waals surface area contributed by atoms with Crippen molar-refractivity contribution >= 4 is 11.8 Å². The van der Waals surface area contributed by atoms with E-state index in [0.717, 1.165) is 22.8 Å². The van der Waals surface area contributed by atoms with Crippen molar-refractivity contribution in [1.82, 2.24) is 9.55 Å². The molecule has 0 radical (unpaired) electrons. The van der Waals surface area contributed by atoms with Crippen LogP contribution in [0.2, 0.25) is 0 Å². The van der Waals surface area contributed by atoms with E-state index in [0.29, 0.717) is 0 Å². The van der Waals surface area contributed by atoms with Gasteiger partial charge in [0.05, 0.1) is 11.9 Å². The number of thioether (sulfide) groups is 1. The molecule has 1 aliphatic rings. The van der Waals surface area contributed by atoms with Crippen molar-refractivity contribution < 1.29 is 0 Å². The second-order valence-electron chi connectivity index (χ2n) is 2.54. The Hall–Kier alpha value is -0.770. The molecular formula is C7H8N2OS. The number of hydrogen-bond acceptors (Lipinski definition) is 3. The fraction of sp³-hybridized carbons (Fsp3) is 0.429. The van der Waals surface area contributed by atoms with Gasteiger partial charge in [-0.15, -0.1) is 11.8 Å². The summed E-state index contributed by atoms with van der Waals surface area (Å²) in [7, 11) is 1.73. The van der Waals surface area contributed by atoms with Crippen LogP contribution >= 0.6 is 11.8 Å². The summed E-state index contributed by atoms with van der Waals surface area (Å²) in [6, 6.07) is 0. The smallest absolute Gasteiger partial charge is 0.257 e. The molecular weight excluding hydrogens is 160 g/mol. The van der Waals surface area contributed by atoms with E-state index >= 15 is 0 Å². The third-order valence-electron chi connectivity index (χ3n) is 1.78. The zero-order chi connectivity index (χ0) is 7.84. The summed E-state index contributed by atoms with van der Waals surface area (Å²) in [6.07, 6.45) is 2.46. The van der Waals surface area contributed by atoms with E-state index in [-0.39, 0.29) is 5.56 Å². The monoisotopic (exact) mass is 168 g/mol. The molecule has 0 unspecified atom stereocenters. The normalized spacial score (nSPS) is 15.0. The van der Waals surface area contributed by atoms with Gasteiger partial charge in [0.15, 0.2) is 0 Å². The van der Waals surface area contributed by atoms with Gasteiger partial charge in [-0.25, -0.2) is 4.98 Å². The van der Waals surface area contributed by atoms with Gasteiger partial charge < -0.3 is 4.57 Å². The maximum atomic E-state index is 11.4. The Morgan fingerprint density at radius 1 is 1.73 bits per heavy atom. The molecule has 0 spiro atoms. The molecule has 2 heterocycles. The average Bonchev–Trinajstić information content (AvgIpc) is 2.45. The molecule has 0 amide bonds. The first kappa shape index (κ1) is 6.91. The van der Waals surface area contributed by atoms with Gasteiger partial charge in [0, 0.05) is 12.8 Å². The highest BCUT2D eigenvalue weighted by atomic mass is 32.2. The molecule has 0 aliphatic carbocycles. The Morgan fingerprint density at radius 3 is 3.36 bits per heavy atom. The number of aromatic nitrogens is 2. The van der Waals surface area contributed by atoms with Crippen LogP contribution in [0.15, 0.2) is 16.1 Å². The minimum atomic E-state index is 0.111. The number of fused-ring (bicyclic) bond motifs is 1. The van der Waals surface area contributed by atoms with Crippen molar-refractivity contribution in [1.29, 1.82) is 0 Å². The first-order chi connectivity index (χ1) is 5.29. The van der Waals surface area contributed by atoms with E-state index in [2.05, 4.69) is 4.98 Å².